The maximum absolute atomic E-state index is 10.2. The number of hydrogen-bond donors (Lipinski definition) is 1. The van der Waals surface area contributed by atoms with Gasteiger partial charge in [-0.2, -0.15) is 0 Å². The van der Waals surface area contributed by atoms with Crippen molar-refractivity contribution in [1.29, 1.82) is 0 Å². The van der Waals surface area contributed by atoms with E-state index in [4.69, 9.17) is 16.3 Å². The molecule has 1 N–H and O–H groups in total. The van der Waals surface area contributed by atoms with Crippen LogP contribution in [-0.4, -0.2) is 42.9 Å². The fourth-order valence-electron chi connectivity index (χ4n) is 2.16. The van der Waals surface area contributed by atoms with Gasteiger partial charge in [-0.3, -0.25) is 4.90 Å². The SMILES string of the molecule is CCC(C)N(CCOC)CCC(O)c1ccc(Cl)cc1. The first-order valence-corrected chi connectivity index (χ1v) is 7.62. The first kappa shape index (κ1) is 17.4. The Morgan fingerprint density at radius 1 is 1.25 bits per heavy atom. The average Bonchev–Trinajstić information content (AvgIpc) is 2.47. The summed E-state index contributed by atoms with van der Waals surface area (Å²) in [6.07, 6.45) is 1.37. The molecule has 0 spiro atoms. The normalized spacial score (nSPS) is 14.5. The van der Waals surface area contributed by atoms with Crippen LogP contribution in [0.1, 0.15) is 38.4 Å². The van der Waals surface area contributed by atoms with Crippen LogP contribution >= 0.6 is 11.6 Å². The molecule has 2 atom stereocenters. The highest BCUT2D eigenvalue weighted by atomic mass is 35.5. The van der Waals surface area contributed by atoms with Crippen LogP contribution in [0.5, 0.6) is 0 Å². The molecule has 0 aliphatic heterocycles. The van der Waals surface area contributed by atoms with Crippen LogP contribution in [0.2, 0.25) is 5.02 Å². The number of ether oxygens (including phenoxy) is 1. The van der Waals surface area contributed by atoms with Gasteiger partial charge >= 0.3 is 0 Å². The highest BCUT2D eigenvalue weighted by molar-refractivity contribution is 6.30. The molecule has 0 radical (unpaired) electrons. The monoisotopic (exact) mass is 299 g/mol. The van der Waals surface area contributed by atoms with Crippen LogP contribution in [0, 0.1) is 0 Å². The second kappa shape index (κ2) is 9.35. The fraction of sp³-hybridized carbons (Fsp3) is 0.625. The van der Waals surface area contributed by atoms with Gasteiger partial charge in [0.05, 0.1) is 12.7 Å². The highest BCUT2D eigenvalue weighted by Crippen LogP contribution is 2.20. The summed E-state index contributed by atoms with van der Waals surface area (Å²) in [5, 5.41) is 10.9. The lowest BCUT2D eigenvalue weighted by molar-refractivity contribution is 0.0966. The summed E-state index contributed by atoms with van der Waals surface area (Å²) in [7, 11) is 1.72. The van der Waals surface area contributed by atoms with Crippen molar-refractivity contribution in [2.45, 2.75) is 38.8 Å². The molecule has 4 heteroatoms. The summed E-state index contributed by atoms with van der Waals surface area (Å²) < 4.78 is 5.15. The van der Waals surface area contributed by atoms with E-state index in [9.17, 15) is 5.11 Å². The van der Waals surface area contributed by atoms with Gasteiger partial charge in [0.1, 0.15) is 0 Å². The van der Waals surface area contributed by atoms with Crippen molar-refractivity contribution in [3.8, 4) is 0 Å². The minimum absolute atomic E-state index is 0.443. The standard InChI is InChI=1S/C16H26ClNO2/c1-4-13(2)18(11-12-20-3)10-9-16(19)14-5-7-15(17)8-6-14/h5-8,13,16,19H,4,9-12H2,1-3H3. The molecule has 0 aromatic heterocycles. The molecule has 0 saturated heterocycles. The average molecular weight is 300 g/mol. The Balaban J connectivity index is 2.50. The molecular weight excluding hydrogens is 274 g/mol. The number of methoxy groups -OCH3 is 1. The zero-order valence-corrected chi connectivity index (χ0v) is 13.4. The molecule has 0 saturated carbocycles. The molecule has 0 amide bonds. The third kappa shape index (κ3) is 5.80. The van der Waals surface area contributed by atoms with E-state index in [2.05, 4.69) is 18.7 Å². The van der Waals surface area contributed by atoms with Crippen molar-refractivity contribution in [3.05, 3.63) is 34.9 Å². The van der Waals surface area contributed by atoms with Gasteiger partial charge in [0.25, 0.3) is 0 Å². The molecule has 0 bridgehead atoms. The number of aliphatic hydroxyl groups is 1. The molecule has 2 unspecified atom stereocenters. The van der Waals surface area contributed by atoms with Gasteiger partial charge in [-0.1, -0.05) is 30.7 Å². The molecule has 3 nitrogen and oxygen atoms in total. The Morgan fingerprint density at radius 2 is 1.90 bits per heavy atom. The molecule has 20 heavy (non-hydrogen) atoms. The molecule has 1 aromatic carbocycles. The van der Waals surface area contributed by atoms with Crippen molar-refractivity contribution in [3.63, 3.8) is 0 Å². The van der Waals surface area contributed by atoms with Gasteiger partial charge in [0, 0.05) is 31.3 Å². The summed E-state index contributed by atoms with van der Waals surface area (Å²) in [6, 6.07) is 7.91. The lowest BCUT2D eigenvalue weighted by Gasteiger charge is -2.29. The van der Waals surface area contributed by atoms with E-state index >= 15 is 0 Å². The van der Waals surface area contributed by atoms with E-state index in [-0.39, 0.29) is 0 Å². The number of benzene rings is 1. The van der Waals surface area contributed by atoms with Gasteiger partial charge in [0.15, 0.2) is 0 Å². The summed E-state index contributed by atoms with van der Waals surface area (Å²) in [5.74, 6) is 0. The molecule has 0 aliphatic rings. The molecule has 0 heterocycles. The molecular formula is C16H26ClNO2. The second-order valence-corrected chi connectivity index (χ2v) is 5.58. The smallest absolute Gasteiger partial charge is 0.0802 e. The van der Waals surface area contributed by atoms with Crippen LogP contribution in [-0.2, 0) is 4.74 Å². The largest absolute Gasteiger partial charge is 0.388 e. The number of hydrogen-bond acceptors (Lipinski definition) is 3. The Morgan fingerprint density at radius 3 is 2.45 bits per heavy atom. The molecule has 0 fully saturated rings. The van der Waals surface area contributed by atoms with E-state index in [1.54, 1.807) is 7.11 Å². The minimum atomic E-state index is -0.443. The maximum Gasteiger partial charge on any atom is 0.0802 e. The van der Waals surface area contributed by atoms with Crippen LogP contribution < -0.4 is 0 Å². The van der Waals surface area contributed by atoms with Gasteiger partial charge in [0.2, 0.25) is 0 Å². The van der Waals surface area contributed by atoms with Gasteiger partial charge < -0.3 is 9.84 Å². The molecule has 1 rings (SSSR count). The lowest BCUT2D eigenvalue weighted by Crippen LogP contribution is -2.36. The van der Waals surface area contributed by atoms with Crippen LogP contribution in [0.4, 0.5) is 0 Å². The number of rotatable bonds is 9. The fourth-order valence-corrected chi connectivity index (χ4v) is 2.29. The van der Waals surface area contributed by atoms with Gasteiger partial charge in [-0.25, -0.2) is 0 Å². The summed E-state index contributed by atoms with van der Waals surface area (Å²) in [4.78, 5) is 2.36. The zero-order chi connectivity index (χ0) is 15.0. The topological polar surface area (TPSA) is 32.7 Å². The summed E-state index contributed by atoms with van der Waals surface area (Å²) in [5.41, 5.74) is 0.922. The molecule has 0 aliphatic carbocycles. The van der Waals surface area contributed by atoms with Crippen LogP contribution in [0.15, 0.2) is 24.3 Å². The Bertz CT molecular complexity index is 369. The van der Waals surface area contributed by atoms with E-state index in [0.717, 1.165) is 38.1 Å². The third-order valence-electron chi connectivity index (χ3n) is 3.74. The van der Waals surface area contributed by atoms with Crippen LogP contribution in [0.25, 0.3) is 0 Å². The van der Waals surface area contributed by atoms with E-state index in [0.29, 0.717) is 11.1 Å². The third-order valence-corrected chi connectivity index (χ3v) is 3.99. The zero-order valence-electron chi connectivity index (χ0n) is 12.7. The van der Waals surface area contributed by atoms with Crippen LogP contribution in [0.3, 0.4) is 0 Å². The predicted molar refractivity (Wildman–Crippen MR) is 84.2 cm³/mol. The van der Waals surface area contributed by atoms with Crippen molar-refractivity contribution >= 4 is 11.6 Å². The summed E-state index contributed by atoms with van der Waals surface area (Å²) in [6.45, 7) is 6.88. The molecule has 1 aromatic rings. The quantitative estimate of drug-likeness (QED) is 0.757. The predicted octanol–water partition coefficient (Wildman–Crippen LogP) is 3.51. The first-order chi connectivity index (χ1) is 9.58. The van der Waals surface area contributed by atoms with Crippen molar-refractivity contribution in [2.75, 3.05) is 26.8 Å². The lowest BCUT2D eigenvalue weighted by atomic mass is 10.1. The number of aliphatic hydroxyl groups excluding tert-OH is 1. The van der Waals surface area contributed by atoms with Crippen molar-refractivity contribution < 1.29 is 9.84 Å². The maximum atomic E-state index is 10.2. The second-order valence-electron chi connectivity index (χ2n) is 5.14. The van der Waals surface area contributed by atoms with Gasteiger partial charge in [-0.05, 0) is 37.5 Å². The Labute approximate surface area is 127 Å². The first-order valence-electron chi connectivity index (χ1n) is 7.25. The number of nitrogens with zero attached hydrogens (tertiary/aromatic N) is 1. The Kier molecular flexibility index (Phi) is 8.15. The minimum Gasteiger partial charge on any atom is -0.388 e. The van der Waals surface area contributed by atoms with Crippen molar-refractivity contribution in [2.24, 2.45) is 0 Å². The highest BCUT2D eigenvalue weighted by Gasteiger charge is 2.15. The molecule has 114 valence electrons. The van der Waals surface area contributed by atoms with Crippen molar-refractivity contribution in [1.82, 2.24) is 4.90 Å². The van der Waals surface area contributed by atoms with E-state index in [1.807, 2.05) is 24.3 Å². The van der Waals surface area contributed by atoms with Gasteiger partial charge in [-0.15, -0.1) is 0 Å². The van der Waals surface area contributed by atoms with E-state index < -0.39 is 6.10 Å². The summed E-state index contributed by atoms with van der Waals surface area (Å²) >= 11 is 5.86. The number of halogens is 1. The van der Waals surface area contributed by atoms with E-state index in [1.165, 1.54) is 0 Å². The Hall–Kier alpha value is -0.610.